The molecule has 0 saturated carbocycles. The SMILES string of the molecule is CC(C)N(CCC(N)=NO)c1ccnc2cc(Cl)ccc12. The Hall–Kier alpha value is -2.01. The number of hydrogen-bond acceptors (Lipinski definition) is 4. The zero-order chi connectivity index (χ0) is 15.4. The molecule has 6 heteroatoms. The normalized spacial score (nSPS) is 12.1. The van der Waals surface area contributed by atoms with Gasteiger partial charge in [-0.05, 0) is 38.1 Å². The average Bonchev–Trinajstić information content (AvgIpc) is 2.46. The summed E-state index contributed by atoms with van der Waals surface area (Å²) in [6, 6.07) is 7.93. The van der Waals surface area contributed by atoms with Crippen LogP contribution in [0.15, 0.2) is 35.6 Å². The number of oxime groups is 1. The predicted octanol–water partition coefficient (Wildman–Crippen LogP) is 3.24. The summed E-state index contributed by atoms with van der Waals surface area (Å²) < 4.78 is 0. The molecule has 0 bridgehead atoms. The van der Waals surface area contributed by atoms with Crippen LogP contribution < -0.4 is 10.6 Å². The number of benzene rings is 1. The van der Waals surface area contributed by atoms with Crippen molar-refractivity contribution in [1.82, 2.24) is 4.98 Å². The van der Waals surface area contributed by atoms with E-state index in [1.807, 2.05) is 24.3 Å². The first-order chi connectivity index (χ1) is 10.0. The molecule has 0 aliphatic rings. The van der Waals surface area contributed by atoms with Gasteiger partial charge in [-0.25, -0.2) is 0 Å². The van der Waals surface area contributed by atoms with Gasteiger partial charge in [0.15, 0.2) is 0 Å². The molecule has 2 aromatic rings. The fourth-order valence-electron chi connectivity index (χ4n) is 2.30. The summed E-state index contributed by atoms with van der Waals surface area (Å²) in [5.41, 5.74) is 7.50. The van der Waals surface area contributed by atoms with Gasteiger partial charge in [0.05, 0.1) is 5.52 Å². The number of hydrogen-bond donors (Lipinski definition) is 2. The van der Waals surface area contributed by atoms with Crippen LogP contribution in [0.4, 0.5) is 5.69 Å². The third-order valence-electron chi connectivity index (χ3n) is 3.35. The highest BCUT2D eigenvalue weighted by molar-refractivity contribution is 6.31. The van der Waals surface area contributed by atoms with Gasteiger partial charge in [0.2, 0.25) is 0 Å². The molecule has 0 aliphatic heterocycles. The second kappa shape index (κ2) is 6.63. The quantitative estimate of drug-likeness (QED) is 0.385. The van der Waals surface area contributed by atoms with Crippen molar-refractivity contribution in [3.05, 3.63) is 35.5 Å². The summed E-state index contributed by atoms with van der Waals surface area (Å²) in [6.45, 7) is 4.87. The number of aromatic nitrogens is 1. The Balaban J connectivity index is 2.40. The molecule has 0 saturated heterocycles. The molecule has 1 aromatic heterocycles. The van der Waals surface area contributed by atoms with Crippen molar-refractivity contribution < 1.29 is 5.21 Å². The Morgan fingerprint density at radius 1 is 1.43 bits per heavy atom. The summed E-state index contributed by atoms with van der Waals surface area (Å²) >= 11 is 6.02. The van der Waals surface area contributed by atoms with Crippen molar-refractivity contribution in [2.24, 2.45) is 10.9 Å². The molecule has 0 aliphatic carbocycles. The highest BCUT2D eigenvalue weighted by Gasteiger charge is 2.14. The van der Waals surface area contributed by atoms with E-state index in [0.29, 0.717) is 18.0 Å². The highest BCUT2D eigenvalue weighted by atomic mass is 35.5. The topological polar surface area (TPSA) is 74.7 Å². The van der Waals surface area contributed by atoms with Gasteiger partial charge in [-0.3, -0.25) is 4.98 Å². The number of pyridine rings is 1. The van der Waals surface area contributed by atoms with Gasteiger partial charge in [0, 0.05) is 41.3 Å². The number of halogens is 1. The Morgan fingerprint density at radius 2 is 2.19 bits per heavy atom. The van der Waals surface area contributed by atoms with Crippen LogP contribution in [0.2, 0.25) is 5.02 Å². The van der Waals surface area contributed by atoms with Gasteiger partial charge < -0.3 is 15.8 Å². The molecular weight excluding hydrogens is 288 g/mol. The van der Waals surface area contributed by atoms with Gasteiger partial charge in [-0.15, -0.1) is 0 Å². The summed E-state index contributed by atoms with van der Waals surface area (Å²) in [5, 5.41) is 13.4. The van der Waals surface area contributed by atoms with Gasteiger partial charge in [0.25, 0.3) is 0 Å². The van der Waals surface area contributed by atoms with E-state index in [0.717, 1.165) is 16.6 Å². The van der Waals surface area contributed by atoms with Crippen molar-refractivity contribution in [3.8, 4) is 0 Å². The van der Waals surface area contributed by atoms with Gasteiger partial charge in [-0.1, -0.05) is 16.8 Å². The maximum atomic E-state index is 8.68. The second-order valence-corrected chi connectivity index (χ2v) is 5.56. The number of nitrogens with zero attached hydrogens (tertiary/aromatic N) is 3. The standard InChI is InChI=1S/C15H19ClN4O/c1-10(2)20(8-6-15(17)19-21)14-5-7-18-13-9-11(16)3-4-12(13)14/h3-5,7,9-10,21H,6,8H2,1-2H3,(H2,17,19). The lowest BCUT2D eigenvalue weighted by atomic mass is 10.1. The fourth-order valence-corrected chi connectivity index (χ4v) is 2.46. The van der Waals surface area contributed by atoms with Crippen LogP contribution in [0.25, 0.3) is 10.9 Å². The molecule has 0 amide bonds. The van der Waals surface area contributed by atoms with E-state index < -0.39 is 0 Å². The monoisotopic (exact) mass is 306 g/mol. The van der Waals surface area contributed by atoms with Gasteiger partial charge in [-0.2, -0.15) is 0 Å². The third kappa shape index (κ3) is 3.55. The minimum atomic E-state index is 0.224. The van der Waals surface area contributed by atoms with Crippen LogP contribution >= 0.6 is 11.6 Å². The molecule has 0 fully saturated rings. The number of anilines is 1. The van der Waals surface area contributed by atoms with E-state index in [2.05, 4.69) is 28.9 Å². The van der Waals surface area contributed by atoms with Crippen molar-refractivity contribution in [2.75, 3.05) is 11.4 Å². The van der Waals surface area contributed by atoms with Gasteiger partial charge in [0.1, 0.15) is 5.84 Å². The third-order valence-corrected chi connectivity index (χ3v) is 3.59. The Bertz CT molecular complexity index is 657. The first kappa shape index (κ1) is 15.4. The lowest BCUT2D eigenvalue weighted by Crippen LogP contribution is -2.34. The van der Waals surface area contributed by atoms with E-state index in [4.69, 9.17) is 22.5 Å². The van der Waals surface area contributed by atoms with Crippen molar-refractivity contribution in [2.45, 2.75) is 26.3 Å². The van der Waals surface area contributed by atoms with E-state index in [1.165, 1.54) is 0 Å². The first-order valence-electron chi connectivity index (χ1n) is 6.80. The predicted molar refractivity (Wildman–Crippen MR) is 87.3 cm³/mol. The fraction of sp³-hybridized carbons (Fsp3) is 0.333. The van der Waals surface area contributed by atoms with Crippen LogP contribution in [0, 0.1) is 0 Å². The van der Waals surface area contributed by atoms with Gasteiger partial charge >= 0.3 is 0 Å². The smallest absolute Gasteiger partial charge is 0.140 e. The largest absolute Gasteiger partial charge is 0.409 e. The lowest BCUT2D eigenvalue weighted by Gasteiger charge is -2.30. The maximum absolute atomic E-state index is 8.68. The van der Waals surface area contributed by atoms with Crippen LogP contribution in [-0.4, -0.2) is 28.6 Å². The molecule has 21 heavy (non-hydrogen) atoms. The van der Waals surface area contributed by atoms with Crippen LogP contribution in [0.3, 0.4) is 0 Å². The van der Waals surface area contributed by atoms with E-state index in [1.54, 1.807) is 6.20 Å². The molecule has 0 atom stereocenters. The molecule has 2 rings (SSSR count). The molecule has 112 valence electrons. The van der Waals surface area contributed by atoms with Crippen molar-refractivity contribution in [1.29, 1.82) is 0 Å². The molecule has 1 heterocycles. The van der Waals surface area contributed by atoms with E-state index >= 15 is 0 Å². The molecule has 3 N–H and O–H groups in total. The number of rotatable bonds is 5. The second-order valence-electron chi connectivity index (χ2n) is 5.12. The molecule has 0 spiro atoms. The Labute approximate surface area is 129 Å². The average molecular weight is 307 g/mol. The highest BCUT2D eigenvalue weighted by Crippen LogP contribution is 2.28. The molecule has 0 radical (unpaired) electrons. The van der Waals surface area contributed by atoms with Crippen LogP contribution in [0.1, 0.15) is 20.3 Å². The summed E-state index contributed by atoms with van der Waals surface area (Å²) in [7, 11) is 0. The van der Waals surface area contributed by atoms with E-state index in [9.17, 15) is 0 Å². The number of fused-ring (bicyclic) bond motifs is 1. The minimum Gasteiger partial charge on any atom is -0.409 e. The van der Waals surface area contributed by atoms with Crippen molar-refractivity contribution in [3.63, 3.8) is 0 Å². The summed E-state index contributed by atoms with van der Waals surface area (Å²) in [4.78, 5) is 6.56. The number of amidine groups is 1. The Kier molecular flexibility index (Phi) is 4.85. The Morgan fingerprint density at radius 3 is 2.86 bits per heavy atom. The molecule has 5 nitrogen and oxygen atoms in total. The molecule has 0 unspecified atom stereocenters. The molecular formula is C15H19ClN4O. The molecule has 1 aromatic carbocycles. The zero-order valence-corrected chi connectivity index (χ0v) is 12.9. The lowest BCUT2D eigenvalue weighted by molar-refractivity contribution is 0.317. The summed E-state index contributed by atoms with van der Waals surface area (Å²) in [6.07, 6.45) is 2.26. The van der Waals surface area contributed by atoms with E-state index in [-0.39, 0.29) is 11.9 Å². The number of nitrogens with two attached hydrogens (primary N) is 1. The minimum absolute atomic E-state index is 0.224. The summed E-state index contributed by atoms with van der Waals surface area (Å²) in [5.74, 6) is 0.224. The first-order valence-corrected chi connectivity index (χ1v) is 7.18. The van der Waals surface area contributed by atoms with Crippen molar-refractivity contribution >= 4 is 34.0 Å². The van der Waals surface area contributed by atoms with Crippen LogP contribution in [0.5, 0.6) is 0 Å². The zero-order valence-electron chi connectivity index (χ0n) is 12.1. The van der Waals surface area contributed by atoms with Crippen LogP contribution in [-0.2, 0) is 0 Å². The maximum Gasteiger partial charge on any atom is 0.140 e.